The molecule has 3 nitrogen and oxygen atoms in total. The quantitative estimate of drug-likeness (QED) is 0.843. The molecule has 0 atom stereocenters. The maximum Gasteiger partial charge on any atom is 0.258 e. The zero-order valence-corrected chi connectivity index (χ0v) is 12.0. The first-order chi connectivity index (χ1) is 8.84. The predicted octanol–water partition coefficient (Wildman–Crippen LogP) is 2.42. The SMILES string of the molecule is C#CCNC(=O)COc1ccc(C)cc1C(C)(C)C. The van der Waals surface area contributed by atoms with Gasteiger partial charge in [-0.25, -0.2) is 0 Å². The van der Waals surface area contributed by atoms with Gasteiger partial charge in [0.2, 0.25) is 0 Å². The molecule has 0 aliphatic rings. The minimum Gasteiger partial charge on any atom is -0.483 e. The molecule has 1 aromatic carbocycles. The van der Waals surface area contributed by atoms with Crippen LogP contribution in [0.25, 0.3) is 0 Å². The van der Waals surface area contributed by atoms with Crippen molar-refractivity contribution in [2.75, 3.05) is 13.2 Å². The summed E-state index contributed by atoms with van der Waals surface area (Å²) in [5.74, 6) is 2.89. The zero-order valence-electron chi connectivity index (χ0n) is 12.0. The van der Waals surface area contributed by atoms with Crippen LogP contribution in [0.5, 0.6) is 5.75 Å². The Kier molecular flexibility index (Phi) is 5.00. The van der Waals surface area contributed by atoms with Gasteiger partial charge in [0.15, 0.2) is 6.61 Å². The standard InChI is InChI=1S/C16H21NO2/c1-6-9-17-15(18)11-19-14-8-7-12(2)10-13(14)16(3,4)5/h1,7-8,10H,9,11H2,2-5H3,(H,17,18). The van der Waals surface area contributed by atoms with Gasteiger partial charge in [0, 0.05) is 0 Å². The molecule has 0 heterocycles. The lowest BCUT2D eigenvalue weighted by Crippen LogP contribution is -2.29. The second-order valence-corrected chi connectivity index (χ2v) is 5.52. The van der Waals surface area contributed by atoms with Crippen LogP contribution in [0.3, 0.4) is 0 Å². The first-order valence-electron chi connectivity index (χ1n) is 6.28. The van der Waals surface area contributed by atoms with E-state index in [0.717, 1.165) is 11.3 Å². The van der Waals surface area contributed by atoms with Gasteiger partial charge in [0.25, 0.3) is 5.91 Å². The van der Waals surface area contributed by atoms with Gasteiger partial charge in [-0.1, -0.05) is 44.4 Å². The molecule has 0 aliphatic carbocycles. The second kappa shape index (κ2) is 6.29. The number of amides is 1. The molecule has 0 saturated heterocycles. The first kappa shape index (κ1) is 15.1. The summed E-state index contributed by atoms with van der Waals surface area (Å²) in [7, 11) is 0. The molecule has 0 saturated carbocycles. The van der Waals surface area contributed by atoms with Gasteiger partial charge in [0.05, 0.1) is 6.54 Å². The summed E-state index contributed by atoms with van der Waals surface area (Å²) < 4.78 is 5.60. The van der Waals surface area contributed by atoms with Crippen LogP contribution in [0.2, 0.25) is 0 Å². The second-order valence-electron chi connectivity index (χ2n) is 5.52. The minimum atomic E-state index is -0.210. The lowest BCUT2D eigenvalue weighted by atomic mass is 9.85. The number of aryl methyl sites for hydroxylation is 1. The van der Waals surface area contributed by atoms with Crippen molar-refractivity contribution in [2.45, 2.75) is 33.1 Å². The molecule has 0 spiro atoms. The molecule has 0 radical (unpaired) electrons. The number of rotatable bonds is 4. The Balaban J connectivity index is 2.79. The third-order valence-corrected chi connectivity index (χ3v) is 2.69. The Morgan fingerprint density at radius 3 is 2.68 bits per heavy atom. The van der Waals surface area contributed by atoms with E-state index in [4.69, 9.17) is 11.2 Å². The lowest BCUT2D eigenvalue weighted by Gasteiger charge is -2.23. The zero-order chi connectivity index (χ0) is 14.5. The number of carbonyl (C=O) groups is 1. The summed E-state index contributed by atoms with van der Waals surface area (Å²) in [6.45, 7) is 8.60. The highest BCUT2D eigenvalue weighted by Crippen LogP contribution is 2.32. The fraction of sp³-hybridized carbons (Fsp3) is 0.438. The molecular formula is C16H21NO2. The molecule has 102 valence electrons. The van der Waals surface area contributed by atoms with Gasteiger partial charge in [-0.15, -0.1) is 6.42 Å². The fourth-order valence-electron chi connectivity index (χ4n) is 1.70. The van der Waals surface area contributed by atoms with E-state index < -0.39 is 0 Å². The summed E-state index contributed by atoms with van der Waals surface area (Å²) in [6.07, 6.45) is 5.08. The molecule has 1 rings (SSSR count). The van der Waals surface area contributed by atoms with E-state index >= 15 is 0 Å². The summed E-state index contributed by atoms with van der Waals surface area (Å²) >= 11 is 0. The average Bonchev–Trinajstić information content (AvgIpc) is 2.33. The van der Waals surface area contributed by atoms with Crippen LogP contribution >= 0.6 is 0 Å². The Bertz CT molecular complexity index is 492. The van der Waals surface area contributed by atoms with Crippen molar-refractivity contribution in [2.24, 2.45) is 0 Å². The first-order valence-corrected chi connectivity index (χ1v) is 6.28. The van der Waals surface area contributed by atoms with E-state index in [2.05, 4.69) is 38.1 Å². The van der Waals surface area contributed by atoms with Crippen LogP contribution in [-0.4, -0.2) is 19.1 Å². The highest BCUT2D eigenvalue weighted by molar-refractivity contribution is 5.77. The largest absolute Gasteiger partial charge is 0.483 e. The van der Waals surface area contributed by atoms with Gasteiger partial charge >= 0.3 is 0 Å². The molecule has 3 heteroatoms. The van der Waals surface area contributed by atoms with Crippen molar-refractivity contribution in [3.63, 3.8) is 0 Å². The lowest BCUT2D eigenvalue weighted by molar-refractivity contribution is -0.122. The van der Waals surface area contributed by atoms with Crippen molar-refractivity contribution in [1.82, 2.24) is 5.32 Å². The Labute approximate surface area is 115 Å². The topological polar surface area (TPSA) is 38.3 Å². The smallest absolute Gasteiger partial charge is 0.258 e. The number of hydrogen-bond acceptors (Lipinski definition) is 2. The van der Waals surface area contributed by atoms with Crippen LogP contribution < -0.4 is 10.1 Å². The van der Waals surface area contributed by atoms with E-state index in [1.165, 1.54) is 5.56 Å². The molecule has 19 heavy (non-hydrogen) atoms. The van der Waals surface area contributed by atoms with Crippen LogP contribution in [-0.2, 0) is 10.2 Å². The van der Waals surface area contributed by atoms with Crippen molar-refractivity contribution >= 4 is 5.91 Å². The molecule has 1 aromatic rings. The molecule has 0 fully saturated rings. The van der Waals surface area contributed by atoms with Gasteiger partial charge in [-0.05, 0) is 24.0 Å². The van der Waals surface area contributed by atoms with Crippen LogP contribution in [0, 0.1) is 19.3 Å². The van der Waals surface area contributed by atoms with Gasteiger partial charge in [-0.2, -0.15) is 0 Å². The third-order valence-electron chi connectivity index (χ3n) is 2.69. The number of ether oxygens (including phenoxy) is 1. The third kappa shape index (κ3) is 4.67. The molecule has 0 unspecified atom stereocenters. The number of nitrogens with one attached hydrogen (secondary N) is 1. The summed E-state index contributed by atoms with van der Waals surface area (Å²) in [4.78, 5) is 11.5. The van der Waals surface area contributed by atoms with Gasteiger partial charge in [0.1, 0.15) is 5.75 Å². The van der Waals surface area contributed by atoms with Crippen molar-refractivity contribution in [3.8, 4) is 18.1 Å². The summed E-state index contributed by atoms with van der Waals surface area (Å²) in [5, 5.41) is 2.57. The van der Waals surface area contributed by atoms with E-state index in [-0.39, 0.29) is 24.5 Å². The minimum absolute atomic E-state index is 0.0200. The molecule has 0 aromatic heterocycles. The number of terminal acetylenes is 1. The van der Waals surface area contributed by atoms with E-state index in [1.54, 1.807) is 0 Å². The van der Waals surface area contributed by atoms with E-state index in [9.17, 15) is 4.79 Å². The Morgan fingerprint density at radius 1 is 1.42 bits per heavy atom. The van der Waals surface area contributed by atoms with E-state index in [1.807, 2.05) is 19.1 Å². The Morgan fingerprint density at radius 2 is 2.11 bits per heavy atom. The van der Waals surface area contributed by atoms with Crippen LogP contribution in [0.1, 0.15) is 31.9 Å². The maximum atomic E-state index is 11.5. The van der Waals surface area contributed by atoms with Crippen LogP contribution in [0.4, 0.5) is 0 Å². The normalized spacial score (nSPS) is 10.7. The van der Waals surface area contributed by atoms with Gasteiger partial charge < -0.3 is 10.1 Å². The molecule has 0 aliphatic heterocycles. The highest BCUT2D eigenvalue weighted by Gasteiger charge is 2.19. The predicted molar refractivity (Wildman–Crippen MR) is 77.2 cm³/mol. The Hall–Kier alpha value is -1.95. The monoisotopic (exact) mass is 259 g/mol. The highest BCUT2D eigenvalue weighted by atomic mass is 16.5. The summed E-state index contributed by atoms with van der Waals surface area (Å²) in [5.41, 5.74) is 2.24. The number of carbonyl (C=O) groups excluding carboxylic acids is 1. The summed E-state index contributed by atoms with van der Waals surface area (Å²) in [6, 6.07) is 5.98. The number of hydrogen-bond donors (Lipinski definition) is 1. The van der Waals surface area contributed by atoms with Crippen molar-refractivity contribution < 1.29 is 9.53 Å². The molecule has 0 bridgehead atoms. The average molecular weight is 259 g/mol. The molecular weight excluding hydrogens is 238 g/mol. The van der Waals surface area contributed by atoms with Gasteiger partial charge in [-0.3, -0.25) is 4.79 Å². The molecule has 1 N–H and O–H groups in total. The number of benzene rings is 1. The maximum absolute atomic E-state index is 11.5. The molecule has 1 amide bonds. The van der Waals surface area contributed by atoms with E-state index in [0.29, 0.717) is 0 Å². The van der Waals surface area contributed by atoms with Crippen LogP contribution in [0.15, 0.2) is 18.2 Å². The van der Waals surface area contributed by atoms with Crippen molar-refractivity contribution in [1.29, 1.82) is 0 Å². The van der Waals surface area contributed by atoms with Crippen molar-refractivity contribution in [3.05, 3.63) is 29.3 Å². The fourth-order valence-corrected chi connectivity index (χ4v) is 1.70.